The summed E-state index contributed by atoms with van der Waals surface area (Å²) >= 11 is 0. The Hall–Kier alpha value is -2.56. The number of aromatic hydroxyl groups is 1. The zero-order valence-electron chi connectivity index (χ0n) is 11.9. The van der Waals surface area contributed by atoms with Gasteiger partial charge < -0.3 is 14.6 Å². The molecule has 0 aliphatic heterocycles. The average molecular weight is 288 g/mol. The molecule has 0 spiro atoms. The van der Waals surface area contributed by atoms with Crippen molar-refractivity contribution in [2.75, 3.05) is 13.2 Å². The van der Waals surface area contributed by atoms with E-state index in [0.717, 1.165) is 0 Å². The van der Waals surface area contributed by atoms with Crippen LogP contribution in [0.5, 0.6) is 5.75 Å². The van der Waals surface area contributed by atoms with Crippen molar-refractivity contribution >= 4 is 11.9 Å². The van der Waals surface area contributed by atoms with Crippen LogP contribution in [0.2, 0.25) is 0 Å². The summed E-state index contributed by atoms with van der Waals surface area (Å²) in [6.45, 7) is 3.90. The van der Waals surface area contributed by atoms with Crippen LogP contribution < -0.4 is 0 Å². The first-order valence-corrected chi connectivity index (χ1v) is 6.68. The molecular formula is C16H16O5. The maximum atomic E-state index is 12.0. The molecule has 1 N–H and O–H groups in total. The van der Waals surface area contributed by atoms with Crippen molar-refractivity contribution in [1.82, 2.24) is 0 Å². The molecule has 0 saturated heterocycles. The first-order chi connectivity index (χ1) is 10.1. The topological polar surface area (TPSA) is 72.8 Å². The number of ether oxygens (including phenoxy) is 2. The van der Waals surface area contributed by atoms with Crippen LogP contribution in [0.3, 0.4) is 0 Å². The highest BCUT2D eigenvalue weighted by Crippen LogP contribution is 2.34. The van der Waals surface area contributed by atoms with E-state index in [1.807, 2.05) is 0 Å². The SMILES string of the molecule is CCOC(=O)c1cc(C(=O)OCC)c2ccc(O)ccc1-2. The number of hydrogen-bond acceptors (Lipinski definition) is 5. The minimum atomic E-state index is -0.510. The van der Waals surface area contributed by atoms with E-state index in [0.29, 0.717) is 11.1 Å². The maximum absolute atomic E-state index is 12.0. The second kappa shape index (κ2) is 6.26. The standard InChI is InChI=1S/C16H16O5/c1-3-20-15(18)13-9-14(16(19)21-4-2)12-8-6-10(17)5-7-11(12)13/h5-9,17H,3-4H2,1-2H3. The van der Waals surface area contributed by atoms with E-state index in [4.69, 9.17) is 9.47 Å². The van der Waals surface area contributed by atoms with E-state index in [-0.39, 0.29) is 30.1 Å². The Balaban J connectivity index is 2.60. The largest absolute Gasteiger partial charge is 0.508 e. The van der Waals surface area contributed by atoms with Gasteiger partial charge in [-0.3, -0.25) is 0 Å². The first kappa shape index (κ1) is 14.8. The Labute approximate surface area is 122 Å². The van der Waals surface area contributed by atoms with Gasteiger partial charge >= 0.3 is 11.9 Å². The molecule has 0 aromatic carbocycles. The van der Waals surface area contributed by atoms with Gasteiger partial charge in [0.2, 0.25) is 0 Å². The quantitative estimate of drug-likeness (QED) is 0.876. The summed E-state index contributed by atoms with van der Waals surface area (Å²) in [6.07, 6.45) is 0. The molecule has 2 aliphatic carbocycles. The Kier molecular flexibility index (Phi) is 4.42. The molecule has 0 bridgehead atoms. The number of rotatable bonds is 4. The third kappa shape index (κ3) is 2.97. The van der Waals surface area contributed by atoms with E-state index in [1.54, 1.807) is 26.0 Å². The number of hydrogen-bond donors (Lipinski definition) is 1. The molecule has 21 heavy (non-hydrogen) atoms. The molecule has 0 atom stereocenters. The summed E-state index contributed by atoms with van der Waals surface area (Å²) in [7, 11) is 0. The lowest BCUT2D eigenvalue weighted by Crippen LogP contribution is -2.05. The van der Waals surface area contributed by atoms with Crippen LogP contribution in [0, 0.1) is 0 Å². The molecule has 5 heteroatoms. The lowest BCUT2D eigenvalue weighted by molar-refractivity contribution is 0.0525. The van der Waals surface area contributed by atoms with Crippen molar-refractivity contribution in [3.05, 3.63) is 41.5 Å². The minimum Gasteiger partial charge on any atom is -0.508 e. The predicted octanol–water partition coefficient (Wildman–Crippen LogP) is 2.85. The van der Waals surface area contributed by atoms with Gasteiger partial charge in [-0.1, -0.05) is 0 Å². The molecule has 0 aromatic rings. The Morgan fingerprint density at radius 3 is 1.71 bits per heavy atom. The van der Waals surface area contributed by atoms with Crippen molar-refractivity contribution in [2.45, 2.75) is 13.8 Å². The van der Waals surface area contributed by atoms with E-state index < -0.39 is 11.9 Å². The van der Waals surface area contributed by atoms with Crippen LogP contribution >= 0.6 is 0 Å². The summed E-state index contributed by atoms with van der Waals surface area (Å²) in [4.78, 5) is 24.0. The molecule has 0 saturated carbocycles. The zero-order chi connectivity index (χ0) is 15.4. The number of carbonyl (C=O) groups excluding carboxylic acids is 2. The molecule has 0 heterocycles. The molecular weight excluding hydrogens is 272 g/mol. The highest BCUT2D eigenvalue weighted by Gasteiger charge is 2.25. The van der Waals surface area contributed by atoms with E-state index in [9.17, 15) is 14.7 Å². The Morgan fingerprint density at radius 2 is 1.33 bits per heavy atom. The summed E-state index contributed by atoms with van der Waals surface area (Å²) in [5.41, 5.74) is 1.64. The fraction of sp³-hybridized carbons (Fsp3) is 0.250. The highest BCUT2D eigenvalue weighted by molar-refractivity contribution is 6.08. The molecule has 0 radical (unpaired) electrons. The summed E-state index contributed by atoms with van der Waals surface area (Å²) in [6, 6.07) is 7.55. The third-order valence-corrected chi connectivity index (χ3v) is 2.99. The number of carbonyl (C=O) groups is 2. The molecule has 0 aromatic heterocycles. The molecule has 110 valence electrons. The van der Waals surface area contributed by atoms with Crippen LogP contribution in [-0.4, -0.2) is 30.3 Å². The zero-order valence-corrected chi connectivity index (χ0v) is 11.9. The highest BCUT2D eigenvalue weighted by atomic mass is 16.5. The minimum absolute atomic E-state index is 0.0378. The van der Waals surface area contributed by atoms with Gasteiger partial charge in [0.05, 0.1) is 24.3 Å². The first-order valence-electron chi connectivity index (χ1n) is 6.68. The average Bonchev–Trinajstić information content (AvgIpc) is 2.71. The van der Waals surface area contributed by atoms with Crippen molar-refractivity contribution < 1.29 is 24.2 Å². The van der Waals surface area contributed by atoms with Crippen LogP contribution in [0.1, 0.15) is 34.6 Å². The third-order valence-electron chi connectivity index (χ3n) is 2.99. The molecule has 0 unspecified atom stereocenters. The number of fused-ring (bicyclic) bond motifs is 1. The van der Waals surface area contributed by atoms with Crippen molar-refractivity contribution in [1.29, 1.82) is 0 Å². The van der Waals surface area contributed by atoms with Crippen LogP contribution in [0.15, 0.2) is 30.3 Å². The lowest BCUT2D eigenvalue weighted by atomic mass is 10.1. The smallest absolute Gasteiger partial charge is 0.338 e. The Bertz CT molecular complexity index is 595. The fourth-order valence-electron chi connectivity index (χ4n) is 2.10. The monoisotopic (exact) mass is 288 g/mol. The maximum Gasteiger partial charge on any atom is 0.338 e. The van der Waals surface area contributed by atoms with Gasteiger partial charge in [0.15, 0.2) is 0 Å². The van der Waals surface area contributed by atoms with Crippen molar-refractivity contribution in [3.8, 4) is 16.9 Å². The fourth-order valence-corrected chi connectivity index (χ4v) is 2.10. The van der Waals surface area contributed by atoms with Gasteiger partial charge in [-0.15, -0.1) is 0 Å². The summed E-state index contributed by atoms with van der Waals surface area (Å²) in [5.74, 6) is -0.983. The molecule has 5 nitrogen and oxygen atoms in total. The lowest BCUT2D eigenvalue weighted by Gasteiger charge is -2.02. The predicted molar refractivity (Wildman–Crippen MR) is 76.6 cm³/mol. The molecule has 2 aliphatic rings. The normalized spacial score (nSPS) is 10.4. The Morgan fingerprint density at radius 1 is 0.905 bits per heavy atom. The molecule has 0 amide bonds. The van der Waals surface area contributed by atoms with Crippen molar-refractivity contribution in [3.63, 3.8) is 0 Å². The van der Waals surface area contributed by atoms with Gasteiger partial charge in [0.25, 0.3) is 0 Å². The van der Waals surface area contributed by atoms with E-state index in [1.165, 1.54) is 18.2 Å². The van der Waals surface area contributed by atoms with Crippen LogP contribution in [-0.2, 0) is 9.47 Å². The van der Waals surface area contributed by atoms with Gasteiger partial charge in [-0.05, 0) is 55.3 Å². The summed E-state index contributed by atoms with van der Waals surface area (Å²) < 4.78 is 9.99. The molecule has 0 fully saturated rings. The molecule has 2 rings (SSSR count). The van der Waals surface area contributed by atoms with E-state index >= 15 is 0 Å². The summed E-state index contributed by atoms with van der Waals surface area (Å²) in [5, 5.41) is 9.56. The van der Waals surface area contributed by atoms with Gasteiger partial charge in [0.1, 0.15) is 5.75 Å². The van der Waals surface area contributed by atoms with Gasteiger partial charge in [0, 0.05) is 0 Å². The van der Waals surface area contributed by atoms with Crippen LogP contribution in [0.25, 0.3) is 11.1 Å². The van der Waals surface area contributed by atoms with Crippen molar-refractivity contribution in [2.24, 2.45) is 0 Å². The van der Waals surface area contributed by atoms with Gasteiger partial charge in [-0.25, -0.2) is 9.59 Å². The van der Waals surface area contributed by atoms with Crippen LogP contribution in [0.4, 0.5) is 0 Å². The number of esters is 2. The van der Waals surface area contributed by atoms with E-state index in [2.05, 4.69) is 0 Å². The second-order valence-electron chi connectivity index (χ2n) is 4.33. The van der Waals surface area contributed by atoms with Gasteiger partial charge in [-0.2, -0.15) is 0 Å². The second-order valence-corrected chi connectivity index (χ2v) is 4.33.